The normalized spacial score (nSPS) is 12.0. The summed E-state index contributed by atoms with van der Waals surface area (Å²) >= 11 is 5.93. The number of para-hydroxylation sites is 1. The van der Waals surface area contributed by atoms with E-state index in [4.69, 9.17) is 22.1 Å². The standard InChI is InChI=1S/C16H19ClN2O/c1-11(12-7-9-13(17)10-8-12)19(2)14-5-4-6-15(20-3)16(14)18/h4-11H,18H2,1-3H3. The van der Waals surface area contributed by atoms with E-state index in [-0.39, 0.29) is 6.04 Å². The van der Waals surface area contributed by atoms with Gasteiger partial charge in [-0.1, -0.05) is 29.8 Å². The number of rotatable bonds is 4. The van der Waals surface area contributed by atoms with E-state index in [1.54, 1.807) is 7.11 Å². The summed E-state index contributed by atoms with van der Waals surface area (Å²) < 4.78 is 5.27. The van der Waals surface area contributed by atoms with E-state index in [1.807, 2.05) is 49.5 Å². The molecular formula is C16H19ClN2O. The van der Waals surface area contributed by atoms with Crippen molar-refractivity contribution in [1.82, 2.24) is 0 Å². The summed E-state index contributed by atoms with van der Waals surface area (Å²) in [6, 6.07) is 13.8. The van der Waals surface area contributed by atoms with Crippen molar-refractivity contribution in [3.63, 3.8) is 0 Å². The van der Waals surface area contributed by atoms with Gasteiger partial charge in [0.1, 0.15) is 5.75 Å². The highest BCUT2D eigenvalue weighted by Gasteiger charge is 2.16. The second-order valence-corrected chi connectivity index (χ2v) is 5.17. The van der Waals surface area contributed by atoms with E-state index < -0.39 is 0 Å². The molecule has 1 atom stereocenters. The van der Waals surface area contributed by atoms with Gasteiger partial charge in [-0.2, -0.15) is 0 Å². The maximum absolute atomic E-state index is 6.15. The molecule has 0 aliphatic rings. The van der Waals surface area contributed by atoms with Gasteiger partial charge in [-0.05, 0) is 36.8 Å². The molecular weight excluding hydrogens is 272 g/mol. The van der Waals surface area contributed by atoms with Crippen molar-refractivity contribution >= 4 is 23.0 Å². The number of nitrogens with two attached hydrogens (primary N) is 1. The summed E-state index contributed by atoms with van der Waals surface area (Å²) in [7, 11) is 3.64. The average molecular weight is 291 g/mol. The summed E-state index contributed by atoms with van der Waals surface area (Å²) in [5.41, 5.74) is 8.93. The van der Waals surface area contributed by atoms with Gasteiger partial charge < -0.3 is 15.4 Å². The molecule has 0 fully saturated rings. The van der Waals surface area contributed by atoms with Crippen molar-refractivity contribution in [3.05, 3.63) is 53.1 Å². The van der Waals surface area contributed by atoms with Crippen molar-refractivity contribution < 1.29 is 4.74 Å². The first-order chi connectivity index (χ1) is 9.54. The zero-order chi connectivity index (χ0) is 14.7. The second kappa shape index (κ2) is 6.06. The SMILES string of the molecule is COc1cccc(N(C)C(C)c2ccc(Cl)cc2)c1N. The molecule has 0 heterocycles. The topological polar surface area (TPSA) is 38.5 Å². The minimum Gasteiger partial charge on any atom is -0.495 e. The molecule has 2 N–H and O–H groups in total. The Hall–Kier alpha value is -1.87. The average Bonchev–Trinajstić information content (AvgIpc) is 2.47. The molecule has 4 heteroatoms. The van der Waals surface area contributed by atoms with Crippen LogP contribution in [-0.4, -0.2) is 14.2 Å². The van der Waals surface area contributed by atoms with E-state index in [2.05, 4.69) is 11.8 Å². The van der Waals surface area contributed by atoms with Crippen molar-refractivity contribution in [3.8, 4) is 5.75 Å². The first kappa shape index (κ1) is 14.5. The van der Waals surface area contributed by atoms with Gasteiger partial charge in [0.05, 0.1) is 24.5 Å². The number of anilines is 2. The molecule has 0 bridgehead atoms. The molecule has 0 aliphatic carbocycles. The van der Waals surface area contributed by atoms with Crippen LogP contribution in [0.1, 0.15) is 18.5 Å². The number of hydrogen-bond acceptors (Lipinski definition) is 3. The molecule has 0 saturated heterocycles. The zero-order valence-electron chi connectivity index (χ0n) is 11.9. The van der Waals surface area contributed by atoms with Gasteiger partial charge in [-0.25, -0.2) is 0 Å². The largest absolute Gasteiger partial charge is 0.495 e. The Morgan fingerprint density at radius 2 is 1.80 bits per heavy atom. The fourth-order valence-electron chi connectivity index (χ4n) is 2.19. The predicted octanol–water partition coefficient (Wildman–Crippen LogP) is 4.13. The molecule has 0 saturated carbocycles. The van der Waals surface area contributed by atoms with Crippen LogP contribution in [0, 0.1) is 0 Å². The van der Waals surface area contributed by atoms with Crippen molar-refractivity contribution in [2.24, 2.45) is 0 Å². The number of hydrogen-bond donors (Lipinski definition) is 1. The number of ether oxygens (including phenoxy) is 1. The molecule has 106 valence electrons. The van der Waals surface area contributed by atoms with Crippen molar-refractivity contribution in [2.75, 3.05) is 24.8 Å². The lowest BCUT2D eigenvalue weighted by Crippen LogP contribution is -2.22. The molecule has 0 radical (unpaired) electrons. The summed E-state index contributed by atoms with van der Waals surface area (Å²) in [6.07, 6.45) is 0. The van der Waals surface area contributed by atoms with Crippen LogP contribution < -0.4 is 15.4 Å². The monoisotopic (exact) mass is 290 g/mol. The quantitative estimate of drug-likeness (QED) is 0.861. The van der Waals surface area contributed by atoms with E-state index in [0.29, 0.717) is 11.4 Å². The van der Waals surface area contributed by atoms with Gasteiger partial charge in [0.25, 0.3) is 0 Å². The third-order valence-electron chi connectivity index (χ3n) is 3.58. The minimum atomic E-state index is 0.182. The summed E-state index contributed by atoms with van der Waals surface area (Å²) in [5.74, 6) is 0.692. The zero-order valence-corrected chi connectivity index (χ0v) is 12.7. The lowest BCUT2D eigenvalue weighted by Gasteiger charge is -2.29. The summed E-state index contributed by atoms with van der Waals surface area (Å²) in [5, 5.41) is 0.740. The van der Waals surface area contributed by atoms with Gasteiger partial charge in [0, 0.05) is 12.1 Å². The summed E-state index contributed by atoms with van der Waals surface area (Å²) in [6.45, 7) is 2.13. The Kier molecular flexibility index (Phi) is 4.40. The molecule has 0 spiro atoms. The second-order valence-electron chi connectivity index (χ2n) is 4.73. The predicted molar refractivity (Wildman–Crippen MR) is 85.7 cm³/mol. The Morgan fingerprint density at radius 3 is 2.40 bits per heavy atom. The van der Waals surface area contributed by atoms with Crippen LogP contribution >= 0.6 is 11.6 Å². The number of methoxy groups -OCH3 is 1. The number of benzene rings is 2. The molecule has 2 aromatic rings. The van der Waals surface area contributed by atoms with Crippen LogP contribution in [0.4, 0.5) is 11.4 Å². The first-order valence-electron chi connectivity index (χ1n) is 6.45. The highest BCUT2D eigenvalue weighted by atomic mass is 35.5. The fourth-order valence-corrected chi connectivity index (χ4v) is 2.32. The fraction of sp³-hybridized carbons (Fsp3) is 0.250. The Labute approximate surface area is 124 Å². The van der Waals surface area contributed by atoms with Crippen molar-refractivity contribution in [1.29, 1.82) is 0 Å². The molecule has 0 aromatic heterocycles. The van der Waals surface area contributed by atoms with Gasteiger partial charge in [0.15, 0.2) is 0 Å². The molecule has 2 aromatic carbocycles. The molecule has 3 nitrogen and oxygen atoms in total. The van der Waals surface area contributed by atoms with Gasteiger partial charge in [-0.3, -0.25) is 0 Å². The first-order valence-corrected chi connectivity index (χ1v) is 6.83. The van der Waals surface area contributed by atoms with Gasteiger partial charge >= 0.3 is 0 Å². The number of nitrogen functional groups attached to an aromatic ring is 1. The summed E-state index contributed by atoms with van der Waals surface area (Å²) in [4.78, 5) is 2.13. The van der Waals surface area contributed by atoms with Crippen molar-refractivity contribution in [2.45, 2.75) is 13.0 Å². The lowest BCUT2D eigenvalue weighted by atomic mass is 10.1. The van der Waals surface area contributed by atoms with Gasteiger partial charge in [0.2, 0.25) is 0 Å². The Morgan fingerprint density at radius 1 is 1.15 bits per heavy atom. The molecule has 0 amide bonds. The van der Waals surface area contributed by atoms with E-state index in [9.17, 15) is 0 Å². The third kappa shape index (κ3) is 2.83. The maximum Gasteiger partial charge on any atom is 0.143 e. The number of halogens is 1. The van der Waals surface area contributed by atoms with Crippen LogP contribution in [0.5, 0.6) is 5.75 Å². The number of nitrogens with zero attached hydrogens (tertiary/aromatic N) is 1. The third-order valence-corrected chi connectivity index (χ3v) is 3.83. The van der Waals surface area contributed by atoms with Crippen LogP contribution in [0.2, 0.25) is 5.02 Å². The van der Waals surface area contributed by atoms with Crippen LogP contribution in [0.25, 0.3) is 0 Å². The molecule has 2 rings (SSSR count). The molecule has 1 unspecified atom stereocenters. The maximum atomic E-state index is 6.15. The Balaban J connectivity index is 2.31. The molecule has 20 heavy (non-hydrogen) atoms. The highest BCUT2D eigenvalue weighted by Crippen LogP contribution is 2.35. The lowest BCUT2D eigenvalue weighted by molar-refractivity contribution is 0.417. The highest BCUT2D eigenvalue weighted by molar-refractivity contribution is 6.30. The molecule has 0 aliphatic heterocycles. The van der Waals surface area contributed by atoms with Crippen LogP contribution in [-0.2, 0) is 0 Å². The van der Waals surface area contributed by atoms with E-state index >= 15 is 0 Å². The minimum absolute atomic E-state index is 0.182. The van der Waals surface area contributed by atoms with Crippen LogP contribution in [0.3, 0.4) is 0 Å². The van der Waals surface area contributed by atoms with Gasteiger partial charge in [-0.15, -0.1) is 0 Å². The van der Waals surface area contributed by atoms with E-state index in [0.717, 1.165) is 10.7 Å². The van der Waals surface area contributed by atoms with E-state index in [1.165, 1.54) is 5.56 Å². The smallest absolute Gasteiger partial charge is 0.143 e. The Bertz CT molecular complexity index is 584. The van der Waals surface area contributed by atoms with Crippen LogP contribution in [0.15, 0.2) is 42.5 Å².